The lowest BCUT2D eigenvalue weighted by molar-refractivity contribution is 0.628. The van der Waals surface area contributed by atoms with Gasteiger partial charge in [0.15, 0.2) is 0 Å². The van der Waals surface area contributed by atoms with Crippen LogP contribution in [0.15, 0.2) is 30.6 Å². The van der Waals surface area contributed by atoms with E-state index in [4.69, 9.17) is 11.6 Å². The molecule has 0 aliphatic carbocycles. The van der Waals surface area contributed by atoms with E-state index >= 15 is 0 Å². The Morgan fingerprint density at radius 3 is 3.06 bits per heavy atom. The molecule has 0 saturated carbocycles. The summed E-state index contributed by atoms with van der Waals surface area (Å²) in [6.07, 6.45) is 3.52. The maximum atomic E-state index is 13.0. The van der Waals surface area contributed by atoms with Crippen LogP contribution in [0.4, 0.5) is 16.0 Å². The fourth-order valence-electron chi connectivity index (χ4n) is 1.40. The molecule has 2 rings (SSSR count). The first-order valence-corrected chi connectivity index (χ1v) is 5.31. The maximum Gasteiger partial charge on any atom is 0.207 e. The Kier molecular flexibility index (Phi) is 3.10. The number of aromatic nitrogens is 2. The summed E-state index contributed by atoms with van der Waals surface area (Å²) >= 11 is 5.94. The van der Waals surface area contributed by atoms with Crippen molar-refractivity contribution < 1.29 is 4.39 Å². The molecule has 2 aromatic rings. The molecule has 16 heavy (non-hydrogen) atoms. The van der Waals surface area contributed by atoms with Gasteiger partial charge in [-0.05, 0) is 25.1 Å². The van der Waals surface area contributed by atoms with Gasteiger partial charge in [-0.25, -0.2) is 9.37 Å². The first kappa shape index (κ1) is 11.0. The lowest BCUT2D eigenvalue weighted by Crippen LogP contribution is -2.01. The number of hydrogen-bond acceptors (Lipinski definition) is 2. The molecule has 1 N–H and O–H groups in total. The van der Waals surface area contributed by atoms with Gasteiger partial charge in [0, 0.05) is 18.9 Å². The molecule has 0 aliphatic heterocycles. The van der Waals surface area contributed by atoms with E-state index in [0.29, 0.717) is 16.7 Å². The fourth-order valence-corrected chi connectivity index (χ4v) is 1.57. The van der Waals surface area contributed by atoms with Gasteiger partial charge in [0.1, 0.15) is 5.82 Å². The maximum absolute atomic E-state index is 13.0. The standard InChI is InChI=1S/C11H11ClFN3/c1-2-16-6-5-14-11(16)15-10-7-8(13)3-4-9(10)12/h3-7H,2H2,1H3,(H,14,15). The van der Waals surface area contributed by atoms with Gasteiger partial charge in [-0.1, -0.05) is 11.6 Å². The summed E-state index contributed by atoms with van der Waals surface area (Å²) in [4.78, 5) is 4.12. The summed E-state index contributed by atoms with van der Waals surface area (Å²) in [7, 11) is 0. The van der Waals surface area contributed by atoms with Crippen molar-refractivity contribution in [3.05, 3.63) is 41.4 Å². The van der Waals surface area contributed by atoms with Crippen LogP contribution in [0, 0.1) is 5.82 Å². The number of aryl methyl sites for hydroxylation is 1. The van der Waals surface area contributed by atoms with Gasteiger partial charge in [-0.15, -0.1) is 0 Å². The SMILES string of the molecule is CCn1ccnc1Nc1cc(F)ccc1Cl. The van der Waals surface area contributed by atoms with E-state index in [1.807, 2.05) is 17.7 Å². The average Bonchev–Trinajstić information content (AvgIpc) is 2.71. The molecule has 0 amide bonds. The van der Waals surface area contributed by atoms with Crippen LogP contribution in [0.1, 0.15) is 6.92 Å². The van der Waals surface area contributed by atoms with Crippen molar-refractivity contribution in [2.45, 2.75) is 13.5 Å². The topological polar surface area (TPSA) is 29.9 Å². The van der Waals surface area contributed by atoms with Crippen LogP contribution in [0.25, 0.3) is 0 Å². The van der Waals surface area contributed by atoms with E-state index in [0.717, 1.165) is 6.54 Å². The highest BCUT2D eigenvalue weighted by Crippen LogP contribution is 2.25. The van der Waals surface area contributed by atoms with E-state index < -0.39 is 0 Å². The van der Waals surface area contributed by atoms with Gasteiger partial charge in [0.2, 0.25) is 5.95 Å². The molecule has 3 nitrogen and oxygen atoms in total. The van der Waals surface area contributed by atoms with Crippen LogP contribution >= 0.6 is 11.6 Å². The smallest absolute Gasteiger partial charge is 0.207 e. The minimum atomic E-state index is -0.332. The number of halogens is 2. The van der Waals surface area contributed by atoms with E-state index in [1.165, 1.54) is 18.2 Å². The lowest BCUT2D eigenvalue weighted by atomic mass is 10.3. The Balaban J connectivity index is 2.30. The summed E-state index contributed by atoms with van der Waals surface area (Å²) in [5.74, 6) is 0.316. The molecule has 0 aliphatic rings. The van der Waals surface area contributed by atoms with Crippen molar-refractivity contribution in [2.75, 3.05) is 5.32 Å². The normalized spacial score (nSPS) is 10.4. The largest absolute Gasteiger partial charge is 0.324 e. The van der Waals surface area contributed by atoms with E-state index in [2.05, 4.69) is 10.3 Å². The van der Waals surface area contributed by atoms with Crippen LogP contribution in [-0.4, -0.2) is 9.55 Å². The van der Waals surface area contributed by atoms with E-state index in [-0.39, 0.29) is 5.82 Å². The molecule has 0 fully saturated rings. The van der Waals surface area contributed by atoms with Crippen molar-refractivity contribution in [3.8, 4) is 0 Å². The number of nitrogens with one attached hydrogen (secondary N) is 1. The molecule has 1 aromatic carbocycles. The Bertz CT molecular complexity index is 496. The van der Waals surface area contributed by atoms with Gasteiger partial charge in [0.05, 0.1) is 10.7 Å². The molecule has 84 valence electrons. The summed E-state index contributed by atoms with van der Waals surface area (Å²) in [6, 6.07) is 4.18. The van der Waals surface area contributed by atoms with Crippen LogP contribution < -0.4 is 5.32 Å². The third-order valence-corrected chi connectivity index (χ3v) is 2.56. The minimum absolute atomic E-state index is 0.332. The van der Waals surface area contributed by atoms with E-state index in [1.54, 1.807) is 6.20 Å². The highest BCUT2D eigenvalue weighted by Gasteiger charge is 2.05. The second-order valence-electron chi connectivity index (χ2n) is 3.29. The van der Waals surface area contributed by atoms with Gasteiger partial charge in [0.25, 0.3) is 0 Å². The number of hydrogen-bond donors (Lipinski definition) is 1. The summed E-state index contributed by atoms with van der Waals surface area (Å²) in [5.41, 5.74) is 0.516. The van der Waals surface area contributed by atoms with Gasteiger partial charge < -0.3 is 9.88 Å². The highest BCUT2D eigenvalue weighted by atomic mass is 35.5. The summed E-state index contributed by atoms with van der Waals surface area (Å²) < 4.78 is 14.9. The molecule has 5 heteroatoms. The zero-order valence-corrected chi connectivity index (χ0v) is 9.50. The predicted molar refractivity (Wildman–Crippen MR) is 62.6 cm³/mol. The van der Waals surface area contributed by atoms with Crippen LogP contribution in [-0.2, 0) is 6.54 Å². The fraction of sp³-hybridized carbons (Fsp3) is 0.182. The molecule has 0 spiro atoms. The van der Waals surface area contributed by atoms with Crippen LogP contribution in [0.2, 0.25) is 5.02 Å². The lowest BCUT2D eigenvalue weighted by Gasteiger charge is -2.09. The van der Waals surface area contributed by atoms with Crippen LogP contribution in [0.3, 0.4) is 0 Å². The molecule has 0 saturated heterocycles. The van der Waals surface area contributed by atoms with Crippen molar-refractivity contribution >= 4 is 23.2 Å². The van der Waals surface area contributed by atoms with Crippen molar-refractivity contribution in [3.63, 3.8) is 0 Å². The molecule has 1 heterocycles. The zero-order valence-electron chi connectivity index (χ0n) is 8.74. The van der Waals surface area contributed by atoms with Crippen molar-refractivity contribution in [1.82, 2.24) is 9.55 Å². The van der Waals surface area contributed by atoms with Gasteiger partial charge >= 0.3 is 0 Å². The monoisotopic (exact) mass is 239 g/mol. The second-order valence-corrected chi connectivity index (χ2v) is 3.69. The van der Waals surface area contributed by atoms with Gasteiger partial charge in [-0.2, -0.15) is 0 Å². The molecule has 1 aromatic heterocycles. The number of benzene rings is 1. The molecular weight excluding hydrogens is 229 g/mol. The number of rotatable bonds is 3. The highest BCUT2D eigenvalue weighted by molar-refractivity contribution is 6.33. The first-order valence-electron chi connectivity index (χ1n) is 4.94. The average molecular weight is 240 g/mol. The Morgan fingerprint density at radius 1 is 1.50 bits per heavy atom. The molecular formula is C11H11ClFN3. The van der Waals surface area contributed by atoms with E-state index in [9.17, 15) is 4.39 Å². The number of anilines is 2. The second kappa shape index (κ2) is 4.53. The predicted octanol–water partition coefficient (Wildman–Crippen LogP) is 3.44. The van der Waals surface area contributed by atoms with Crippen LogP contribution in [0.5, 0.6) is 0 Å². The third-order valence-electron chi connectivity index (χ3n) is 2.23. The molecule has 0 radical (unpaired) electrons. The first-order chi connectivity index (χ1) is 7.70. The molecule has 0 bridgehead atoms. The molecule has 0 atom stereocenters. The van der Waals surface area contributed by atoms with Crippen molar-refractivity contribution in [2.24, 2.45) is 0 Å². The Hall–Kier alpha value is -1.55. The summed E-state index contributed by atoms with van der Waals surface area (Å²) in [5, 5.41) is 3.46. The Labute approximate surface area is 97.9 Å². The van der Waals surface area contributed by atoms with Crippen molar-refractivity contribution in [1.29, 1.82) is 0 Å². The third kappa shape index (κ3) is 2.17. The summed E-state index contributed by atoms with van der Waals surface area (Å²) in [6.45, 7) is 2.79. The number of nitrogens with zero attached hydrogens (tertiary/aromatic N) is 2. The molecule has 0 unspecified atom stereocenters. The number of imidazole rings is 1. The quantitative estimate of drug-likeness (QED) is 0.889. The minimum Gasteiger partial charge on any atom is -0.324 e. The zero-order chi connectivity index (χ0) is 11.5. The van der Waals surface area contributed by atoms with Gasteiger partial charge in [-0.3, -0.25) is 0 Å². The Morgan fingerprint density at radius 2 is 2.31 bits per heavy atom.